The smallest absolute Gasteiger partial charge is 0.226 e. The lowest BCUT2D eigenvalue weighted by Crippen LogP contribution is -2.68. The standard InChI is InChI=1S/C15H19N3O2/c19-14-8-12(13-2-1-7-20-13)16-9-15(17-14)10-18-5-3-11(15)4-6-18/h1-2,7,11H,3-6,8-10H2,(H,17,19). The number of amides is 1. The van der Waals surface area contributed by atoms with Crippen LogP contribution in [-0.4, -0.2) is 48.2 Å². The fraction of sp³-hybridized carbons (Fsp3) is 0.600. The van der Waals surface area contributed by atoms with Gasteiger partial charge in [-0.25, -0.2) is 0 Å². The highest BCUT2D eigenvalue weighted by Gasteiger charge is 2.48. The highest BCUT2D eigenvalue weighted by molar-refractivity contribution is 6.09. The lowest BCUT2D eigenvalue weighted by molar-refractivity contribution is -0.124. The molecule has 1 aromatic heterocycles. The van der Waals surface area contributed by atoms with Gasteiger partial charge in [0.2, 0.25) is 5.91 Å². The molecule has 1 atom stereocenters. The van der Waals surface area contributed by atoms with Crippen molar-refractivity contribution in [2.45, 2.75) is 24.8 Å². The van der Waals surface area contributed by atoms with Crippen LogP contribution < -0.4 is 5.32 Å². The van der Waals surface area contributed by atoms with Gasteiger partial charge in [0.05, 0.1) is 30.5 Å². The minimum absolute atomic E-state index is 0.0754. The van der Waals surface area contributed by atoms with Gasteiger partial charge in [0.15, 0.2) is 0 Å². The van der Waals surface area contributed by atoms with Gasteiger partial charge in [-0.2, -0.15) is 0 Å². The minimum Gasteiger partial charge on any atom is -0.463 e. The summed E-state index contributed by atoms with van der Waals surface area (Å²) >= 11 is 0. The molecule has 5 heterocycles. The Balaban J connectivity index is 1.65. The molecule has 5 rings (SSSR count). The zero-order valence-electron chi connectivity index (χ0n) is 11.5. The van der Waals surface area contributed by atoms with E-state index in [0.29, 0.717) is 18.9 Å². The van der Waals surface area contributed by atoms with Crippen molar-refractivity contribution in [3.8, 4) is 0 Å². The van der Waals surface area contributed by atoms with Crippen LogP contribution in [0.2, 0.25) is 0 Å². The van der Waals surface area contributed by atoms with Crippen molar-refractivity contribution >= 4 is 11.6 Å². The normalized spacial score (nSPS) is 36.6. The van der Waals surface area contributed by atoms with Gasteiger partial charge in [0, 0.05) is 6.54 Å². The van der Waals surface area contributed by atoms with Crippen LogP contribution in [0.4, 0.5) is 0 Å². The fourth-order valence-corrected chi connectivity index (χ4v) is 3.91. The molecule has 5 nitrogen and oxygen atoms in total. The van der Waals surface area contributed by atoms with E-state index < -0.39 is 0 Å². The number of nitrogens with one attached hydrogen (secondary N) is 1. The Labute approximate surface area is 118 Å². The van der Waals surface area contributed by atoms with Crippen LogP contribution in [0, 0.1) is 5.92 Å². The van der Waals surface area contributed by atoms with Gasteiger partial charge in [-0.1, -0.05) is 0 Å². The van der Waals surface area contributed by atoms with Gasteiger partial charge in [-0.3, -0.25) is 9.79 Å². The Bertz CT molecular complexity index is 543. The number of nitrogens with zero attached hydrogens (tertiary/aromatic N) is 2. The van der Waals surface area contributed by atoms with E-state index in [9.17, 15) is 4.79 Å². The van der Waals surface area contributed by atoms with Crippen molar-refractivity contribution in [2.24, 2.45) is 10.9 Å². The molecule has 1 unspecified atom stereocenters. The predicted molar refractivity (Wildman–Crippen MR) is 74.8 cm³/mol. The summed E-state index contributed by atoms with van der Waals surface area (Å²) in [4.78, 5) is 19.5. The molecule has 2 bridgehead atoms. The van der Waals surface area contributed by atoms with Crippen LogP contribution in [0.25, 0.3) is 0 Å². The zero-order valence-corrected chi connectivity index (χ0v) is 11.5. The maximum absolute atomic E-state index is 12.3. The Morgan fingerprint density at radius 3 is 2.90 bits per heavy atom. The van der Waals surface area contributed by atoms with E-state index in [1.807, 2.05) is 12.1 Å². The van der Waals surface area contributed by atoms with Gasteiger partial charge in [0.1, 0.15) is 5.76 Å². The molecule has 0 aliphatic carbocycles. The van der Waals surface area contributed by atoms with E-state index >= 15 is 0 Å². The Morgan fingerprint density at radius 2 is 2.25 bits per heavy atom. The molecule has 106 valence electrons. The summed E-state index contributed by atoms with van der Waals surface area (Å²) in [6.07, 6.45) is 4.30. The molecule has 0 radical (unpaired) electrons. The number of carbonyl (C=O) groups is 1. The Hall–Kier alpha value is -1.62. The third-order valence-corrected chi connectivity index (χ3v) is 4.95. The number of hydrogen-bond acceptors (Lipinski definition) is 4. The first-order valence-electron chi connectivity index (χ1n) is 7.36. The molecule has 1 spiro atoms. The van der Waals surface area contributed by atoms with Crippen molar-refractivity contribution in [3.63, 3.8) is 0 Å². The maximum Gasteiger partial charge on any atom is 0.226 e. The molecule has 1 aromatic rings. The lowest BCUT2D eigenvalue weighted by atomic mass is 9.72. The second kappa shape index (κ2) is 4.45. The Kier molecular flexibility index (Phi) is 2.70. The molecule has 3 fully saturated rings. The minimum atomic E-state index is -0.151. The molecule has 20 heavy (non-hydrogen) atoms. The second-order valence-corrected chi connectivity index (χ2v) is 6.17. The van der Waals surface area contributed by atoms with Gasteiger partial charge in [-0.15, -0.1) is 0 Å². The first-order valence-corrected chi connectivity index (χ1v) is 7.36. The van der Waals surface area contributed by atoms with Crippen LogP contribution >= 0.6 is 0 Å². The number of fused-ring (bicyclic) bond motifs is 2. The molecular weight excluding hydrogens is 254 g/mol. The summed E-state index contributed by atoms with van der Waals surface area (Å²) in [5, 5.41) is 3.28. The van der Waals surface area contributed by atoms with Gasteiger partial charge in [-0.05, 0) is 44.0 Å². The largest absolute Gasteiger partial charge is 0.463 e. The van der Waals surface area contributed by atoms with Crippen molar-refractivity contribution in [2.75, 3.05) is 26.2 Å². The van der Waals surface area contributed by atoms with Crippen molar-refractivity contribution in [1.29, 1.82) is 0 Å². The number of rotatable bonds is 1. The summed E-state index contributed by atoms with van der Waals surface area (Å²) < 4.78 is 5.39. The number of furan rings is 1. The number of aliphatic imine (C=N–C) groups is 1. The molecule has 4 aliphatic heterocycles. The molecule has 0 aromatic carbocycles. The number of hydrogen-bond donors (Lipinski definition) is 1. The topological polar surface area (TPSA) is 57.8 Å². The first-order chi connectivity index (χ1) is 9.75. The van der Waals surface area contributed by atoms with Crippen molar-refractivity contribution < 1.29 is 9.21 Å². The molecule has 4 aliphatic rings. The zero-order chi connectivity index (χ0) is 13.6. The van der Waals surface area contributed by atoms with Crippen molar-refractivity contribution in [1.82, 2.24) is 10.2 Å². The van der Waals surface area contributed by atoms with Crippen LogP contribution in [0.1, 0.15) is 25.0 Å². The summed E-state index contributed by atoms with van der Waals surface area (Å²) in [6.45, 7) is 3.95. The van der Waals surface area contributed by atoms with Gasteiger partial charge < -0.3 is 14.6 Å². The molecule has 1 N–H and O–H groups in total. The van der Waals surface area contributed by atoms with Gasteiger partial charge in [0.25, 0.3) is 0 Å². The van der Waals surface area contributed by atoms with E-state index in [1.165, 1.54) is 12.8 Å². The average molecular weight is 273 g/mol. The SMILES string of the molecule is O=C1CC(c2ccco2)=NCC2(CN3CCC2CC3)N1. The molecule has 1 amide bonds. The summed E-state index contributed by atoms with van der Waals surface area (Å²) in [5.41, 5.74) is 0.628. The van der Waals surface area contributed by atoms with E-state index in [4.69, 9.17) is 9.41 Å². The summed E-state index contributed by atoms with van der Waals surface area (Å²) in [7, 11) is 0. The fourth-order valence-electron chi connectivity index (χ4n) is 3.91. The van der Waals surface area contributed by atoms with E-state index in [0.717, 1.165) is 31.1 Å². The highest BCUT2D eigenvalue weighted by atomic mass is 16.3. The van der Waals surface area contributed by atoms with E-state index in [-0.39, 0.29) is 11.4 Å². The third kappa shape index (κ3) is 1.88. The number of carbonyl (C=O) groups excluding carboxylic acids is 1. The number of piperidine rings is 3. The molecule has 3 saturated heterocycles. The first kappa shape index (κ1) is 12.1. The van der Waals surface area contributed by atoms with Crippen LogP contribution in [0.15, 0.2) is 27.8 Å². The second-order valence-electron chi connectivity index (χ2n) is 6.17. The lowest BCUT2D eigenvalue weighted by Gasteiger charge is -2.52. The summed E-state index contributed by atoms with van der Waals surface area (Å²) in [5.74, 6) is 1.36. The van der Waals surface area contributed by atoms with E-state index in [1.54, 1.807) is 6.26 Å². The summed E-state index contributed by atoms with van der Waals surface area (Å²) in [6, 6.07) is 3.71. The highest BCUT2D eigenvalue weighted by Crippen LogP contribution is 2.37. The third-order valence-electron chi connectivity index (χ3n) is 4.95. The average Bonchev–Trinajstić information content (AvgIpc) is 2.93. The van der Waals surface area contributed by atoms with Gasteiger partial charge >= 0.3 is 0 Å². The van der Waals surface area contributed by atoms with E-state index in [2.05, 4.69) is 10.2 Å². The van der Waals surface area contributed by atoms with Crippen LogP contribution in [0.3, 0.4) is 0 Å². The molecular formula is C15H19N3O2. The maximum atomic E-state index is 12.3. The van der Waals surface area contributed by atoms with Crippen LogP contribution in [0.5, 0.6) is 0 Å². The Morgan fingerprint density at radius 1 is 1.40 bits per heavy atom. The molecule has 5 heteroatoms. The molecule has 0 saturated carbocycles. The van der Waals surface area contributed by atoms with Crippen molar-refractivity contribution in [3.05, 3.63) is 24.2 Å². The quantitative estimate of drug-likeness (QED) is 0.832. The monoisotopic (exact) mass is 273 g/mol. The predicted octanol–water partition coefficient (Wildman–Crippen LogP) is 1.05. The van der Waals surface area contributed by atoms with Crippen LogP contribution in [-0.2, 0) is 4.79 Å².